The third-order valence-electron chi connectivity index (χ3n) is 4.69. The number of aromatic nitrogens is 2. The average Bonchev–Trinajstić information content (AvgIpc) is 3.23. The molecule has 0 aliphatic heterocycles. The molecule has 1 heterocycles. The van der Waals surface area contributed by atoms with E-state index in [9.17, 15) is 18.8 Å². The SMILES string of the molecule is CC(C)(C)OC(=O)Cc1ccc(-c2nn(C3(C)CC3)c(N)c2C#N)c(F)c1F. The van der Waals surface area contributed by atoms with E-state index in [-0.39, 0.29) is 33.7 Å². The molecule has 0 saturated heterocycles. The number of esters is 1. The lowest BCUT2D eigenvalue weighted by Crippen LogP contribution is -2.25. The molecule has 148 valence electrons. The minimum Gasteiger partial charge on any atom is -0.460 e. The van der Waals surface area contributed by atoms with Crippen molar-refractivity contribution in [2.75, 3.05) is 5.73 Å². The number of halogens is 2. The molecule has 1 aromatic heterocycles. The molecule has 28 heavy (non-hydrogen) atoms. The summed E-state index contributed by atoms with van der Waals surface area (Å²) in [5.41, 5.74) is 4.69. The summed E-state index contributed by atoms with van der Waals surface area (Å²) in [6.07, 6.45) is 1.28. The average molecular weight is 388 g/mol. The second kappa shape index (κ2) is 6.59. The van der Waals surface area contributed by atoms with Crippen LogP contribution in [0.5, 0.6) is 0 Å². The van der Waals surface area contributed by atoms with Crippen LogP contribution in [-0.2, 0) is 21.5 Å². The number of ether oxygens (including phenoxy) is 1. The van der Waals surface area contributed by atoms with Gasteiger partial charge in [-0.05, 0) is 46.6 Å². The molecule has 0 amide bonds. The van der Waals surface area contributed by atoms with Crippen LogP contribution < -0.4 is 5.73 Å². The summed E-state index contributed by atoms with van der Waals surface area (Å²) in [5.74, 6) is -2.87. The van der Waals surface area contributed by atoms with E-state index in [0.717, 1.165) is 12.8 Å². The van der Waals surface area contributed by atoms with Crippen LogP contribution in [0.3, 0.4) is 0 Å². The van der Waals surface area contributed by atoms with Gasteiger partial charge in [0.05, 0.1) is 12.0 Å². The number of hydrogen-bond acceptors (Lipinski definition) is 5. The highest BCUT2D eigenvalue weighted by molar-refractivity contribution is 5.76. The number of rotatable bonds is 4. The van der Waals surface area contributed by atoms with Gasteiger partial charge in [-0.1, -0.05) is 6.07 Å². The second-order valence-corrected chi connectivity index (χ2v) is 8.29. The van der Waals surface area contributed by atoms with Gasteiger partial charge >= 0.3 is 5.97 Å². The standard InChI is InChI=1S/C20H22F2N4O2/c1-19(2,3)28-14(27)9-11-5-6-12(16(22)15(11)21)17-13(10-23)18(24)26(25-17)20(4)7-8-20/h5-6H,7-9,24H2,1-4H3. The van der Waals surface area contributed by atoms with Crippen LogP contribution in [0.2, 0.25) is 0 Å². The van der Waals surface area contributed by atoms with Crippen LogP contribution in [0.4, 0.5) is 14.6 Å². The van der Waals surface area contributed by atoms with Gasteiger partial charge in [0.2, 0.25) is 0 Å². The van der Waals surface area contributed by atoms with Crippen molar-refractivity contribution in [3.63, 3.8) is 0 Å². The van der Waals surface area contributed by atoms with Crippen molar-refractivity contribution in [3.8, 4) is 17.3 Å². The Morgan fingerprint density at radius 1 is 1.36 bits per heavy atom. The molecule has 0 bridgehead atoms. The van der Waals surface area contributed by atoms with E-state index >= 15 is 0 Å². The largest absolute Gasteiger partial charge is 0.460 e. The van der Waals surface area contributed by atoms with Gasteiger partial charge in [-0.2, -0.15) is 10.4 Å². The van der Waals surface area contributed by atoms with Crippen molar-refractivity contribution in [3.05, 3.63) is 34.9 Å². The molecule has 0 unspecified atom stereocenters. The van der Waals surface area contributed by atoms with Crippen molar-refractivity contribution >= 4 is 11.8 Å². The number of nitrogens with two attached hydrogens (primary N) is 1. The molecule has 3 rings (SSSR count). The van der Waals surface area contributed by atoms with Gasteiger partial charge in [0.1, 0.15) is 28.7 Å². The molecule has 6 nitrogen and oxygen atoms in total. The Labute approximate surface area is 161 Å². The lowest BCUT2D eigenvalue weighted by Gasteiger charge is -2.19. The first-order valence-corrected chi connectivity index (χ1v) is 8.95. The first-order valence-electron chi connectivity index (χ1n) is 8.95. The fraction of sp³-hybridized carbons (Fsp3) is 0.450. The number of nitrogens with zero attached hydrogens (tertiary/aromatic N) is 3. The van der Waals surface area contributed by atoms with Gasteiger partial charge in [-0.15, -0.1) is 0 Å². The van der Waals surface area contributed by atoms with Gasteiger partial charge in [-0.3, -0.25) is 4.79 Å². The quantitative estimate of drug-likeness (QED) is 0.807. The molecule has 0 spiro atoms. The third-order valence-corrected chi connectivity index (χ3v) is 4.69. The number of nitrogen functional groups attached to an aromatic ring is 1. The topological polar surface area (TPSA) is 93.9 Å². The lowest BCUT2D eigenvalue weighted by atomic mass is 10.0. The predicted molar refractivity (Wildman–Crippen MR) is 99.1 cm³/mol. The van der Waals surface area contributed by atoms with Crippen molar-refractivity contribution in [1.82, 2.24) is 9.78 Å². The van der Waals surface area contributed by atoms with Crippen LogP contribution in [0.1, 0.15) is 51.7 Å². The summed E-state index contributed by atoms with van der Waals surface area (Å²) in [4.78, 5) is 11.9. The number of nitriles is 1. The van der Waals surface area contributed by atoms with Gasteiger partial charge < -0.3 is 10.5 Å². The number of anilines is 1. The van der Waals surface area contributed by atoms with E-state index in [0.29, 0.717) is 0 Å². The molecule has 2 N–H and O–H groups in total. The highest BCUT2D eigenvalue weighted by Crippen LogP contribution is 2.45. The summed E-state index contributed by atoms with van der Waals surface area (Å²) in [7, 11) is 0. The maximum atomic E-state index is 14.8. The summed E-state index contributed by atoms with van der Waals surface area (Å²) in [5, 5.41) is 13.7. The van der Waals surface area contributed by atoms with Gasteiger partial charge in [-0.25, -0.2) is 13.5 Å². The number of hydrogen-bond donors (Lipinski definition) is 1. The minimum atomic E-state index is -1.18. The zero-order chi connectivity index (χ0) is 20.9. The molecular weight excluding hydrogens is 366 g/mol. The number of benzene rings is 1. The van der Waals surface area contributed by atoms with E-state index in [1.165, 1.54) is 16.8 Å². The normalized spacial score (nSPS) is 15.2. The fourth-order valence-electron chi connectivity index (χ4n) is 2.98. The molecular formula is C20H22F2N4O2. The summed E-state index contributed by atoms with van der Waals surface area (Å²) in [6.45, 7) is 7.00. The van der Waals surface area contributed by atoms with Crippen LogP contribution in [0, 0.1) is 23.0 Å². The van der Waals surface area contributed by atoms with E-state index < -0.39 is 29.6 Å². The van der Waals surface area contributed by atoms with Gasteiger partial charge in [0, 0.05) is 11.1 Å². The van der Waals surface area contributed by atoms with E-state index in [2.05, 4.69) is 5.10 Å². The zero-order valence-electron chi connectivity index (χ0n) is 16.3. The van der Waals surface area contributed by atoms with Crippen molar-refractivity contribution in [1.29, 1.82) is 5.26 Å². The number of carbonyl (C=O) groups is 1. The first-order chi connectivity index (χ1) is 13.0. The Balaban J connectivity index is 1.98. The molecule has 1 saturated carbocycles. The highest BCUT2D eigenvalue weighted by Gasteiger charge is 2.43. The Hall–Kier alpha value is -2.95. The van der Waals surface area contributed by atoms with Crippen LogP contribution >= 0.6 is 0 Å². The summed E-state index contributed by atoms with van der Waals surface area (Å²) >= 11 is 0. The van der Waals surface area contributed by atoms with Crippen LogP contribution in [0.15, 0.2) is 12.1 Å². The molecule has 0 atom stereocenters. The molecule has 1 aliphatic carbocycles. The van der Waals surface area contributed by atoms with Crippen molar-refractivity contribution < 1.29 is 18.3 Å². The maximum Gasteiger partial charge on any atom is 0.310 e. The van der Waals surface area contributed by atoms with E-state index in [1.54, 1.807) is 20.8 Å². The second-order valence-electron chi connectivity index (χ2n) is 8.29. The molecule has 1 fully saturated rings. The van der Waals surface area contributed by atoms with Crippen molar-refractivity contribution in [2.45, 2.75) is 58.1 Å². The highest BCUT2D eigenvalue weighted by atomic mass is 19.2. The maximum absolute atomic E-state index is 14.8. The van der Waals surface area contributed by atoms with E-state index in [1.807, 2.05) is 13.0 Å². The van der Waals surface area contributed by atoms with Crippen molar-refractivity contribution in [2.24, 2.45) is 0 Å². The summed E-state index contributed by atoms with van der Waals surface area (Å²) in [6, 6.07) is 4.53. The Bertz CT molecular complexity index is 995. The number of carbonyl (C=O) groups excluding carboxylic acids is 1. The first kappa shape index (κ1) is 19.8. The van der Waals surface area contributed by atoms with Gasteiger partial charge in [0.15, 0.2) is 11.6 Å². The molecule has 8 heteroatoms. The van der Waals surface area contributed by atoms with Crippen LogP contribution in [-0.4, -0.2) is 21.4 Å². The van der Waals surface area contributed by atoms with E-state index in [4.69, 9.17) is 10.5 Å². The van der Waals surface area contributed by atoms with Gasteiger partial charge in [0.25, 0.3) is 0 Å². The molecule has 0 radical (unpaired) electrons. The predicted octanol–water partition coefficient (Wildman–Crippen LogP) is 3.68. The fourth-order valence-corrected chi connectivity index (χ4v) is 2.98. The zero-order valence-corrected chi connectivity index (χ0v) is 16.3. The lowest BCUT2D eigenvalue weighted by molar-refractivity contribution is -0.153. The minimum absolute atomic E-state index is 0.00585. The Kier molecular flexibility index (Phi) is 4.66. The summed E-state index contributed by atoms with van der Waals surface area (Å²) < 4.78 is 36.0. The molecule has 1 aliphatic rings. The molecule has 2 aromatic rings. The molecule has 1 aromatic carbocycles. The Morgan fingerprint density at radius 3 is 2.54 bits per heavy atom. The third kappa shape index (κ3) is 3.57. The Morgan fingerprint density at radius 2 is 2.00 bits per heavy atom. The van der Waals surface area contributed by atoms with Crippen LogP contribution in [0.25, 0.3) is 11.3 Å². The monoisotopic (exact) mass is 388 g/mol. The smallest absolute Gasteiger partial charge is 0.310 e.